The van der Waals surface area contributed by atoms with Crippen molar-refractivity contribution < 1.29 is 22.5 Å². The number of hydrogen-bond acceptors (Lipinski definition) is 4. The van der Waals surface area contributed by atoms with Gasteiger partial charge in [-0.25, -0.2) is 0 Å². The number of benzene rings is 1. The Labute approximate surface area is 153 Å². The van der Waals surface area contributed by atoms with Crippen molar-refractivity contribution in [1.29, 1.82) is 0 Å². The second-order valence-electron chi connectivity index (χ2n) is 5.99. The molecule has 2 heterocycles. The largest absolute Gasteiger partial charge is 0.433 e. The van der Waals surface area contributed by atoms with Crippen LogP contribution in [0.25, 0.3) is 11.3 Å². The van der Waals surface area contributed by atoms with Gasteiger partial charge < -0.3 is 9.84 Å². The zero-order chi connectivity index (χ0) is 19.4. The van der Waals surface area contributed by atoms with E-state index < -0.39 is 17.9 Å². The fraction of sp³-hybridized carbons (Fsp3) is 0.211. The number of nitrogens with zero attached hydrogens (tertiary/aromatic N) is 2. The summed E-state index contributed by atoms with van der Waals surface area (Å²) in [4.78, 5) is 15.4. The summed E-state index contributed by atoms with van der Waals surface area (Å²) in [5.41, 5.74) is 0.336. The van der Waals surface area contributed by atoms with Crippen LogP contribution in [0, 0.1) is 0 Å². The van der Waals surface area contributed by atoms with Gasteiger partial charge in [0.2, 0.25) is 5.91 Å². The van der Waals surface area contributed by atoms with Gasteiger partial charge in [-0.05, 0) is 24.6 Å². The minimum Gasteiger partial charge on any atom is -0.359 e. The molecule has 1 aromatic carbocycles. The van der Waals surface area contributed by atoms with E-state index in [4.69, 9.17) is 4.52 Å². The number of carbonyl (C=O) groups is 1. The summed E-state index contributed by atoms with van der Waals surface area (Å²) < 4.78 is 43.5. The third-order valence-corrected chi connectivity index (χ3v) is 3.89. The van der Waals surface area contributed by atoms with Crippen LogP contribution in [0.5, 0.6) is 0 Å². The van der Waals surface area contributed by atoms with Gasteiger partial charge in [0.25, 0.3) is 0 Å². The van der Waals surface area contributed by atoms with Crippen molar-refractivity contribution in [2.24, 2.45) is 0 Å². The van der Waals surface area contributed by atoms with Crippen LogP contribution in [-0.4, -0.2) is 16.0 Å². The highest BCUT2D eigenvalue weighted by molar-refractivity contribution is 5.79. The Morgan fingerprint density at radius 3 is 2.63 bits per heavy atom. The van der Waals surface area contributed by atoms with E-state index in [1.54, 1.807) is 6.92 Å². The number of rotatable bonds is 5. The fourth-order valence-electron chi connectivity index (χ4n) is 2.52. The molecule has 0 aliphatic rings. The smallest absolute Gasteiger partial charge is 0.359 e. The Kier molecular flexibility index (Phi) is 5.25. The third-order valence-electron chi connectivity index (χ3n) is 3.89. The molecule has 3 rings (SSSR count). The molecule has 1 amide bonds. The first-order valence-electron chi connectivity index (χ1n) is 8.16. The van der Waals surface area contributed by atoms with Crippen LogP contribution in [0.1, 0.15) is 30.0 Å². The molecule has 0 aliphatic carbocycles. The molecule has 0 radical (unpaired) electrons. The minimum atomic E-state index is -4.54. The highest BCUT2D eigenvalue weighted by Gasteiger charge is 2.32. The Morgan fingerprint density at radius 1 is 1.19 bits per heavy atom. The standard InChI is InChI=1S/C19H16F3N3O2/c1-12(24-18(26)9-13-5-3-2-4-6-13)16-11-15(25-27-16)14-7-8-23-17(10-14)19(20,21)22/h2-8,10-12H,9H2,1H3,(H,24,26)/t12-/m1/s1. The molecule has 3 aromatic rings. The van der Waals surface area contributed by atoms with E-state index in [0.29, 0.717) is 5.76 Å². The second-order valence-corrected chi connectivity index (χ2v) is 5.99. The number of aromatic nitrogens is 2. The van der Waals surface area contributed by atoms with Crippen LogP contribution in [0.15, 0.2) is 59.3 Å². The van der Waals surface area contributed by atoms with Gasteiger partial charge in [0, 0.05) is 17.8 Å². The van der Waals surface area contributed by atoms with E-state index in [1.807, 2.05) is 30.3 Å². The van der Waals surface area contributed by atoms with Crippen LogP contribution in [0.3, 0.4) is 0 Å². The molecule has 0 saturated heterocycles. The first-order chi connectivity index (χ1) is 12.8. The van der Waals surface area contributed by atoms with Gasteiger partial charge in [0.15, 0.2) is 5.76 Å². The van der Waals surface area contributed by atoms with E-state index in [2.05, 4.69) is 15.5 Å². The Hall–Kier alpha value is -3.16. The molecular weight excluding hydrogens is 359 g/mol. The van der Waals surface area contributed by atoms with Crippen molar-refractivity contribution in [3.63, 3.8) is 0 Å². The first-order valence-corrected chi connectivity index (χ1v) is 8.16. The lowest BCUT2D eigenvalue weighted by Gasteiger charge is -2.10. The lowest BCUT2D eigenvalue weighted by molar-refractivity contribution is -0.141. The van der Waals surface area contributed by atoms with Crippen LogP contribution < -0.4 is 5.32 Å². The van der Waals surface area contributed by atoms with E-state index in [1.165, 1.54) is 12.1 Å². The lowest BCUT2D eigenvalue weighted by Crippen LogP contribution is -2.27. The number of alkyl halides is 3. The zero-order valence-electron chi connectivity index (χ0n) is 14.3. The average Bonchev–Trinajstić information content (AvgIpc) is 3.12. The summed E-state index contributed by atoms with van der Waals surface area (Å²) in [7, 11) is 0. The Bertz CT molecular complexity index is 923. The van der Waals surface area contributed by atoms with Gasteiger partial charge in [-0.1, -0.05) is 35.5 Å². The van der Waals surface area contributed by atoms with Gasteiger partial charge in [-0.15, -0.1) is 0 Å². The maximum atomic E-state index is 12.8. The molecule has 27 heavy (non-hydrogen) atoms. The lowest BCUT2D eigenvalue weighted by atomic mass is 10.1. The molecule has 2 aromatic heterocycles. The van der Waals surface area contributed by atoms with Crippen molar-refractivity contribution in [3.05, 3.63) is 71.7 Å². The second kappa shape index (κ2) is 7.61. The molecule has 0 aliphatic heterocycles. The number of carbonyl (C=O) groups excluding carboxylic acids is 1. The number of amides is 1. The van der Waals surface area contributed by atoms with Crippen molar-refractivity contribution in [3.8, 4) is 11.3 Å². The van der Waals surface area contributed by atoms with E-state index in [0.717, 1.165) is 17.8 Å². The average molecular weight is 375 g/mol. The molecule has 0 saturated carbocycles. The third kappa shape index (κ3) is 4.72. The molecule has 0 unspecified atom stereocenters. The summed E-state index contributed by atoms with van der Waals surface area (Å²) in [6.45, 7) is 1.71. The summed E-state index contributed by atoms with van der Waals surface area (Å²) in [5, 5.41) is 6.58. The SMILES string of the molecule is C[C@@H](NC(=O)Cc1ccccc1)c1cc(-c2ccnc(C(F)(F)F)c2)no1. The topological polar surface area (TPSA) is 68.0 Å². The predicted molar refractivity (Wildman–Crippen MR) is 91.4 cm³/mol. The number of hydrogen-bond donors (Lipinski definition) is 1. The van der Waals surface area contributed by atoms with E-state index in [9.17, 15) is 18.0 Å². The molecular formula is C19H16F3N3O2. The molecule has 0 bridgehead atoms. The van der Waals surface area contributed by atoms with Crippen LogP contribution in [-0.2, 0) is 17.4 Å². The normalized spacial score (nSPS) is 12.6. The van der Waals surface area contributed by atoms with Crippen molar-refractivity contribution in [2.75, 3.05) is 0 Å². The molecule has 5 nitrogen and oxygen atoms in total. The van der Waals surface area contributed by atoms with Crippen LogP contribution in [0.4, 0.5) is 13.2 Å². The van der Waals surface area contributed by atoms with Gasteiger partial charge in [0.05, 0.1) is 12.5 Å². The molecule has 1 N–H and O–H groups in total. The quantitative estimate of drug-likeness (QED) is 0.727. The molecule has 0 fully saturated rings. The van der Waals surface area contributed by atoms with E-state index in [-0.39, 0.29) is 23.6 Å². The monoisotopic (exact) mass is 375 g/mol. The maximum absolute atomic E-state index is 12.8. The van der Waals surface area contributed by atoms with Crippen molar-refractivity contribution in [2.45, 2.75) is 25.6 Å². The highest BCUT2D eigenvalue weighted by atomic mass is 19.4. The van der Waals surface area contributed by atoms with Gasteiger partial charge in [-0.2, -0.15) is 13.2 Å². The van der Waals surface area contributed by atoms with Crippen LogP contribution in [0.2, 0.25) is 0 Å². The zero-order valence-corrected chi connectivity index (χ0v) is 14.3. The van der Waals surface area contributed by atoms with Gasteiger partial charge in [0.1, 0.15) is 11.4 Å². The summed E-state index contributed by atoms with van der Waals surface area (Å²) >= 11 is 0. The fourth-order valence-corrected chi connectivity index (χ4v) is 2.52. The Balaban J connectivity index is 1.69. The first kappa shape index (κ1) is 18.6. The number of nitrogens with one attached hydrogen (secondary N) is 1. The highest BCUT2D eigenvalue weighted by Crippen LogP contribution is 2.30. The number of pyridine rings is 1. The molecule has 1 atom stereocenters. The minimum absolute atomic E-state index is 0.199. The molecule has 0 spiro atoms. The summed E-state index contributed by atoms with van der Waals surface area (Å²) in [6, 6.07) is 12.6. The summed E-state index contributed by atoms with van der Waals surface area (Å²) in [5.74, 6) is 0.145. The predicted octanol–water partition coefficient (Wildman–Crippen LogP) is 4.18. The maximum Gasteiger partial charge on any atom is 0.433 e. The van der Waals surface area contributed by atoms with E-state index >= 15 is 0 Å². The number of halogens is 3. The van der Waals surface area contributed by atoms with Crippen molar-refractivity contribution >= 4 is 5.91 Å². The van der Waals surface area contributed by atoms with Gasteiger partial charge in [-0.3, -0.25) is 9.78 Å². The van der Waals surface area contributed by atoms with Crippen LogP contribution >= 0.6 is 0 Å². The molecule has 140 valence electrons. The van der Waals surface area contributed by atoms with Crippen molar-refractivity contribution in [1.82, 2.24) is 15.5 Å². The summed E-state index contributed by atoms with van der Waals surface area (Å²) in [6.07, 6.45) is -3.26. The van der Waals surface area contributed by atoms with Gasteiger partial charge >= 0.3 is 6.18 Å². The molecule has 8 heteroatoms. The Morgan fingerprint density at radius 2 is 1.93 bits per heavy atom.